The molecule has 0 saturated carbocycles. The minimum atomic E-state index is 0.145. The molecule has 98 valence electrons. The first-order chi connectivity index (χ1) is 8.52. The molecule has 6 heteroatoms. The molecule has 0 aliphatic heterocycles. The number of nitrogens with one attached hydrogen (secondary N) is 1. The summed E-state index contributed by atoms with van der Waals surface area (Å²) >= 11 is 6.25. The summed E-state index contributed by atoms with van der Waals surface area (Å²) in [5.41, 5.74) is 3.06. The number of halogens is 1. The Morgan fingerprint density at radius 3 is 2.56 bits per heavy atom. The molecule has 5 nitrogen and oxygen atoms in total. The molecule has 0 aliphatic rings. The number of hydrogen-bond acceptors (Lipinski definition) is 3. The summed E-state index contributed by atoms with van der Waals surface area (Å²) < 4.78 is 3.51. The molecule has 0 spiro atoms. The summed E-state index contributed by atoms with van der Waals surface area (Å²) in [4.78, 5) is 0. The van der Waals surface area contributed by atoms with Crippen molar-refractivity contribution in [2.75, 3.05) is 7.05 Å². The van der Waals surface area contributed by atoms with Crippen LogP contribution in [0.4, 0.5) is 0 Å². The van der Waals surface area contributed by atoms with Gasteiger partial charge in [-0.1, -0.05) is 11.6 Å². The van der Waals surface area contributed by atoms with Gasteiger partial charge in [-0.3, -0.25) is 9.36 Å². The lowest BCUT2D eigenvalue weighted by atomic mass is 10.0. The number of likely N-dealkylation sites (N-methyl/N-ethyl adjacent to an activating group) is 1. The van der Waals surface area contributed by atoms with Crippen LogP contribution >= 0.6 is 11.6 Å². The molecule has 0 saturated heterocycles. The Bertz CT molecular complexity index is 543. The number of rotatable bonds is 4. The first-order valence-electron chi connectivity index (χ1n) is 5.87. The van der Waals surface area contributed by atoms with E-state index in [0.29, 0.717) is 5.15 Å². The minimum Gasteiger partial charge on any atom is -0.311 e. The smallest absolute Gasteiger partial charge is 0.130 e. The van der Waals surface area contributed by atoms with E-state index in [4.69, 9.17) is 11.6 Å². The maximum absolute atomic E-state index is 6.25. The van der Waals surface area contributed by atoms with Gasteiger partial charge in [0.1, 0.15) is 5.15 Å². The van der Waals surface area contributed by atoms with Gasteiger partial charge in [0.05, 0.1) is 17.4 Å². The van der Waals surface area contributed by atoms with E-state index in [2.05, 4.69) is 15.5 Å². The molecule has 2 heterocycles. The molecule has 1 atom stereocenters. The Morgan fingerprint density at radius 1 is 1.39 bits per heavy atom. The van der Waals surface area contributed by atoms with Gasteiger partial charge in [-0.05, 0) is 26.5 Å². The van der Waals surface area contributed by atoms with E-state index in [-0.39, 0.29) is 6.04 Å². The highest BCUT2D eigenvalue weighted by molar-refractivity contribution is 6.30. The van der Waals surface area contributed by atoms with Crippen LogP contribution in [0.1, 0.15) is 23.0 Å². The van der Waals surface area contributed by atoms with Gasteiger partial charge in [0.2, 0.25) is 0 Å². The summed E-state index contributed by atoms with van der Waals surface area (Å²) in [6, 6.07) is 2.16. The predicted octanol–water partition coefficient (Wildman–Crippen LogP) is 1.62. The van der Waals surface area contributed by atoms with Gasteiger partial charge in [0.25, 0.3) is 0 Å². The van der Waals surface area contributed by atoms with Crippen LogP contribution in [0.25, 0.3) is 0 Å². The molecular formula is C12H18ClN5. The van der Waals surface area contributed by atoms with Crippen LogP contribution < -0.4 is 5.32 Å². The largest absolute Gasteiger partial charge is 0.311 e. The highest BCUT2D eigenvalue weighted by atomic mass is 35.5. The van der Waals surface area contributed by atoms with E-state index in [0.717, 1.165) is 23.4 Å². The van der Waals surface area contributed by atoms with Crippen LogP contribution in [-0.4, -0.2) is 26.6 Å². The second-order valence-electron chi connectivity index (χ2n) is 4.44. The number of aromatic nitrogens is 4. The topological polar surface area (TPSA) is 47.7 Å². The van der Waals surface area contributed by atoms with Gasteiger partial charge < -0.3 is 5.32 Å². The molecule has 1 N–H and O–H groups in total. The molecule has 0 amide bonds. The maximum atomic E-state index is 6.25. The van der Waals surface area contributed by atoms with Crippen molar-refractivity contribution in [1.82, 2.24) is 24.9 Å². The third kappa shape index (κ3) is 2.42. The molecule has 1 unspecified atom stereocenters. The van der Waals surface area contributed by atoms with Gasteiger partial charge in [-0.2, -0.15) is 10.2 Å². The fraction of sp³-hybridized carbons (Fsp3) is 0.500. The monoisotopic (exact) mass is 267 g/mol. The van der Waals surface area contributed by atoms with Crippen LogP contribution in [0.3, 0.4) is 0 Å². The summed E-state index contributed by atoms with van der Waals surface area (Å²) in [6.07, 6.45) is 2.73. The Hall–Kier alpha value is -1.33. The van der Waals surface area contributed by atoms with E-state index < -0.39 is 0 Å². The van der Waals surface area contributed by atoms with Crippen molar-refractivity contribution in [3.8, 4) is 0 Å². The van der Waals surface area contributed by atoms with Crippen molar-refractivity contribution in [2.45, 2.75) is 19.4 Å². The van der Waals surface area contributed by atoms with Crippen molar-refractivity contribution in [1.29, 1.82) is 0 Å². The lowest BCUT2D eigenvalue weighted by molar-refractivity contribution is 0.561. The zero-order valence-corrected chi connectivity index (χ0v) is 11.9. The lowest BCUT2D eigenvalue weighted by Gasteiger charge is -2.13. The summed E-state index contributed by atoms with van der Waals surface area (Å²) in [6.45, 7) is 1.98. The van der Waals surface area contributed by atoms with Crippen LogP contribution in [-0.2, 0) is 20.5 Å². The highest BCUT2D eigenvalue weighted by Crippen LogP contribution is 2.24. The molecule has 0 fully saturated rings. The second-order valence-corrected chi connectivity index (χ2v) is 4.80. The molecule has 2 aromatic rings. The van der Waals surface area contributed by atoms with Crippen molar-refractivity contribution in [3.63, 3.8) is 0 Å². The first kappa shape index (κ1) is 13.1. The molecule has 2 rings (SSSR count). The van der Waals surface area contributed by atoms with Gasteiger partial charge in [0, 0.05) is 25.9 Å². The fourth-order valence-electron chi connectivity index (χ4n) is 2.08. The predicted molar refractivity (Wildman–Crippen MR) is 71.7 cm³/mol. The summed E-state index contributed by atoms with van der Waals surface area (Å²) in [7, 11) is 5.70. The molecule has 18 heavy (non-hydrogen) atoms. The zero-order valence-electron chi connectivity index (χ0n) is 11.1. The molecular weight excluding hydrogens is 250 g/mol. The van der Waals surface area contributed by atoms with Gasteiger partial charge >= 0.3 is 0 Å². The van der Waals surface area contributed by atoms with Crippen molar-refractivity contribution >= 4 is 11.6 Å². The number of aryl methyl sites for hydroxylation is 3. The van der Waals surface area contributed by atoms with Gasteiger partial charge in [-0.25, -0.2) is 0 Å². The molecule has 2 aromatic heterocycles. The van der Waals surface area contributed by atoms with Crippen LogP contribution in [0.15, 0.2) is 12.3 Å². The normalized spacial score (nSPS) is 12.9. The van der Waals surface area contributed by atoms with Gasteiger partial charge in [-0.15, -0.1) is 0 Å². The Labute approximate surface area is 112 Å². The fourth-order valence-corrected chi connectivity index (χ4v) is 2.33. The summed E-state index contributed by atoms with van der Waals surface area (Å²) in [5, 5.41) is 12.7. The van der Waals surface area contributed by atoms with Crippen LogP contribution in [0.2, 0.25) is 5.15 Å². The summed E-state index contributed by atoms with van der Waals surface area (Å²) in [5.74, 6) is 0. The minimum absolute atomic E-state index is 0.145. The molecule has 0 aromatic carbocycles. The third-order valence-electron chi connectivity index (χ3n) is 3.12. The van der Waals surface area contributed by atoms with Crippen molar-refractivity contribution in [2.24, 2.45) is 14.1 Å². The average molecular weight is 268 g/mol. The number of nitrogens with zero attached hydrogens (tertiary/aromatic N) is 4. The molecule has 0 aliphatic carbocycles. The maximum Gasteiger partial charge on any atom is 0.130 e. The van der Waals surface area contributed by atoms with E-state index in [1.54, 1.807) is 9.36 Å². The molecule has 0 radical (unpaired) electrons. The molecule has 0 bridgehead atoms. The van der Waals surface area contributed by atoms with Crippen molar-refractivity contribution < 1.29 is 0 Å². The van der Waals surface area contributed by atoms with E-state index in [1.807, 2.05) is 40.3 Å². The van der Waals surface area contributed by atoms with Crippen LogP contribution in [0, 0.1) is 6.92 Å². The Balaban J connectivity index is 2.25. The Kier molecular flexibility index (Phi) is 3.73. The second kappa shape index (κ2) is 5.12. The zero-order chi connectivity index (χ0) is 13.3. The highest BCUT2D eigenvalue weighted by Gasteiger charge is 2.18. The van der Waals surface area contributed by atoms with Crippen LogP contribution in [0.5, 0.6) is 0 Å². The SMILES string of the molecule is CNC(Cc1c(C)nn(C)c1Cl)c1ccn(C)n1. The van der Waals surface area contributed by atoms with E-state index in [9.17, 15) is 0 Å². The van der Waals surface area contributed by atoms with Gasteiger partial charge in [0.15, 0.2) is 0 Å². The quantitative estimate of drug-likeness (QED) is 0.916. The Morgan fingerprint density at radius 2 is 2.11 bits per heavy atom. The van der Waals surface area contributed by atoms with Crippen molar-refractivity contribution in [3.05, 3.63) is 34.4 Å². The standard InChI is InChI=1S/C12H18ClN5/c1-8-9(12(13)18(4)15-8)7-11(14-2)10-5-6-17(3)16-10/h5-6,11,14H,7H2,1-4H3. The average Bonchev–Trinajstić information content (AvgIpc) is 2.84. The first-order valence-corrected chi connectivity index (χ1v) is 6.25. The lowest BCUT2D eigenvalue weighted by Crippen LogP contribution is -2.20. The van der Waals surface area contributed by atoms with E-state index in [1.165, 1.54) is 0 Å². The third-order valence-corrected chi connectivity index (χ3v) is 3.59. The number of hydrogen-bond donors (Lipinski definition) is 1. The van der Waals surface area contributed by atoms with E-state index >= 15 is 0 Å².